The lowest BCUT2D eigenvalue weighted by Crippen LogP contribution is -2.31. The van der Waals surface area contributed by atoms with E-state index in [1.54, 1.807) is 0 Å². The number of hydrogen-bond donors (Lipinski definition) is 1. The molecular formula is C20H25N3O2. The molecule has 1 aliphatic heterocycles. The Kier molecular flexibility index (Phi) is 5.88. The third kappa shape index (κ3) is 4.50. The normalized spacial score (nSPS) is 16.7. The quantitative estimate of drug-likeness (QED) is 0.849. The first-order chi connectivity index (χ1) is 12.3. The first kappa shape index (κ1) is 17.3. The maximum atomic E-state index is 12.5. The first-order valence-electron chi connectivity index (χ1n) is 8.95. The SMILES string of the molecule is CCCNc1ccc([C@H]2CCCN2C(=O)OCc2ccccc2)cn1. The zero-order chi connectivity index (χ0) is 17.5. The van der Waals surface area contributed by atoms with E-state index in [1.807, 2.05) is 47.5 Å². The van der Waals surface area contributed by atoms with E-state index >= 15 is 0 Å². The highest BCUT2D eigenvalue weighted by atomic mass is 16.6. The van der Waals surface area contributed by atoms with Gasteiger partial charge in [-0.15, -0.1) is 0 Å². The molecule has 0 saturated carbocycles. The van der Waals surface area contributed by atoms with E-state index in [0.717, 1.165) is 49.3 Å². The lowest BCUT2D eigenvalue weighted by Gasteiger charge is -2.24. The Morgan fingerprint density at radius 2 is 2.12 bits per heavy atom. The topological polar surface area (TPSA) is 54.5 Å². The van der Waals surface area contributed by atoms with Gasteiger partial charge in [0.1, 0.15) is 12.4 Å². The molecule has 1 aromatic heterocycles. The summed E-state index contributed by atoms with van der Waals surface area (Å²) in [6, 6.07) is 13.9. The first-order valence-corrected chi connectivity index (χ1v) is 8.95. The van der Waals surface area contributed by atoms with E-state index < -0.39 is 0 Å². The van der Waals surface area contributed by atoms with Crippen LogP contribution in [0.4, 0.5) is 10.6 Å². The van der Waals surface area contributed by atoms with Gasteiger partial charge >= 0.3 is 6.09 Å². The average Bonchev–Trinajstić information content (AvgIpc) is 3.15. The fraction of sp³-hybridized carbons (Fsp3) is 0.400. The summed E-state index contributed by atoms with van der Waals surface area (Å²) < 4.78 is 5.49. The van der Waals surface area contributed by atoms with Crippen molar-refractivity contribution in [3.63, 3.8) is 0 Å². The molecule has 2 aromatic rings. The molecule has 0 aliphatic carbocycles. The van der Waals surface area contributed by atoms with Crippen molar-refractivity contribution in [1.82, 2.24) is 9.88 Å². The number of nitrogens with zero attached hydrogens (tertiary/aromatic N) is 2. The maximum absolute atomic E-state index is 12.5. The van der Waals surface area contributed by atoms with Crippen LogP contribution in [0.3, 0.4) is 0 Å². The van der Waals surface area contributed by atoms with Crippen LogP contribution in [0, 0.1) is 0 Å². The minimum absolute atomic E-state index is 0.0519. The molecular weight excluding hydrogens is 314 g/mol. The van der Waals surface area contributed by atoms with Crippen molar-refractivity contribution in [2.45, 2.75) is 38.8 Å². The standard InChI is InChI=1S/C20H25N3O2/c1-2-12-21-19-11-10-17(14-22-19)18-9-6-13-23(18)20(24)25-15-16-7-4-3-5-8-16/h3-5,7-8,10-11,14,18H,2,6,9,12-13,15H2,1H3,(H,21,22)/t18-/m1/s1. The number of nitrogens with one attached hydrogen (secondary N) is 1. The summed E-state index contributed by atoms with van der Waals surface area (Å²) >= 11 is 0. The smallest absolute Gasteiger partial charge is 0.410 e. The number of ether oxygens (including phenoxy) is 1. The molecule has 5 heteroatoms. The number of likely N-dealkylation sites (tertiary alicyclic amines) is 1. The van der Waals surface area contributed by atoms with Crippen molar-refractivity contribution in [3.8, 4) is 0 Å². The molecule has 0 radical (unpaired) electrons. The van der Waals surface area contributed by atoms with Gasteiger partial charge in [-0.05, 0) is 36.5 Å². The number of carbonyl (C=O) groups excluding carboxylic acids is 1. The molecule has 1 N–H and O–H groups in total. The summed E-state index contributed by atoms with van der Waals surface area (Å²) in [6.45, 7) is 4.07. The lowest BCUT2D eigenvalue weighted by atomic mass is 10.1. The highest BCUT2D eigenvalue weighted by Gasteiger charge is 2.31. The molecule has 1 saturated heterocycles. The van der Waals surface area contributed by atoms with Crippen molar-refractivity contribution in [3.05, 3.63) is 59.8 Å². The van der Waals surface area contributed by atoms with Gasteiger partial charge in [0.05, 0.1) is 6.04 Å². The molecule has 1 atom stereocenters. The number of benzene rings is 1. The Hall–Kier alpha value is -2.56. The summed E-state index contributed by atoms with van der Waals surface area (Å²) in [5.74, 6) is 0.877. The van der Waals surface area contributed by atoms with Gasteiger partial charge in [0, 0.05) is 19.3 Å². The molecule has 0 spiro atoms. The van der Waals surface area contributed by atoms with Gasteiger partial charge < -0.3 is 15.0 Å². The van der Waals surface area contributed by atoms with Crippen LogP contribution >= 0.6 is 0 Å². The van der Waals surface area contributed by atoms with Gasteiger partial charge in [0.2, 0.25) is 0 Å². The number of rotatable bonds is 6. The molecule has 3 rings (SSSR count). The van der Waals surface area contributed by atoms with Crippen molar-refractivity contribution in [1.29, 1.82) is 0 Å². The average molecular weight is 339 g/mol. The third-order valence-corrected chi connectivity index (χ3v) is 4.42. The van der Waals surface area contributed by atoms with Crippen LogP contribution in [0.25, 0.3) is 0 Å². The second-order valence-corrected chi connectivity index (χ2v) is 6.30. The largest absolute Gasteiger partial charge is 0.445 e. The molecule has 132 valence electrons. The van der Waals surface area contributed by atoms with E-state index in [4.69, 9.17) is 4.74 Å². The Labute approximate surface area is 149 Å². The lowest BCUT2D eigenvalue weighted by molar-refractivity contribution is 0.0920. The van der Waals surface area contributed by atoms with Crippen LogP contribution in [0.2, 0.25) is 0 Å². The Balaban J connectivity index is 1.60. The molecule has 2 heterocycles. The van der Waals surface area contributed by atoms with E-state index in [1.165, 1.54) is 0 Å². The van der Waals surface area contributed by atoms with Crippen molar-refractivity contribution in [2.75, 3.05) is 18.4 Å². The minimum Gasteiger partial charge on any atom is -0.445 e. The third-order valence-electron chi connectivity index (χ3n) is 4.42. The van der Waals surface area contributed by atoms with Crippen LogP contribution in [-0.4, -0.2) is 29.1 Å². The van der Waals surface area contributed by atoms with Crippen LogP contribution in [0.5, 0.6) is 0 Å². The van der Waals surface area contributed by atoms with Crippen LogP contribution < -0.4 is 5.32 Å². The molecule has 25 heavy (non-hydrogen) atoms. The van der Waals surface area contributed by atoms with E-state index in [2.05, 4.69) is 23.3 Å². The maximum Gasteiger partial charge on any atom is 0.410 e. The summed E-state index contributed by atoms with van der Waals surface area (Å²) in [7, 11) is 0. The van der Waals surface area contributed by atoms with E-state index in [0.29, 0.717) is 6.61 Å². The number of pyridine rings is 1. The van der Waals surface area contributed by atoms with Crippen LogP contribution in [-0.2, 0) is 11.3 Å². The molecule has 1 fully saturated rings. The zero-order valence-electron chi connectivity index (χ0n) is 14.6. The van der Waals surface area contributed by atoms with Crippen molar-refractivity contribution >= 4 is 11.9 Å². The summed E-state index contributed by atoms with van der Waals surface area (Å²) in [5, 5.41) is 3.27. The van der Waals surface area contributed by atoms with Crippen LogP contribution in [0.1, 0.15) is 43.4 Å². The number of hydrogen-bond acceptors (Lipinski definition) is 4. The summed E-state index contributed by atoms with van der Waals surface area (Å²) in [5.41, 5.74) is 2.07. The fourth-order valence-electron chi connectivity index (χ4n) is 3.09. The van der Waals surface area contributed by atoms with Crippen LogP contribution in [0.15, 0.2) is 48.7 Å². The monoisotopic (exact) mass is 339 g/mol. The summed E-state index contributed by atoms with van der Waals surface area (Å²) in [6.07, 6.45) is 4.61. The zero-order valence-corrected chi connectivity index (χ0v) is 14.6. The molecule has 5 nitrogen and oxygen atoms in total. The van der Waals surface area contributed by atoms with Gasteiger partial charge in [-0.25, -0.2) is 9.78 Å². The second-order valence-electron chi connectivity index (χ2n) is 6.30. The van der Waals surface area contributed by atoms with E-state index in [9.17, 15) is 4.79 Å². The van der Waals surface area contributed by atoms with Gasteiger partial charge in [0.25, 0.3) is 0 Å². The van der Waals surface area contributed by atoms with Crippen molar-refractivity contribution in [2.24, 2.45) is 0 Å². The number of anilines is 1. The molecule has 1 aliphatic rings. The summed E-state index contributed by atoms with van der Waals surface area (Å²) in [4.78, 5) is 18.8. The predicted molar refractivity (Wildman–Crippen MR) is 98.3 cm³/mol. The number of aromatic nitrogens is 1. The second kappa shape index (κ2) is 8.51. The van der Waals surface area contributed by atoms with Gasteiger partial charge in [0.15, 0.2) is 0 Å². The molecule has 1 amide bonds. The van der Waals surface area contributed by atoms with Crippen molar-refractivity contribution < 1.29 is 9.53 Å². The van der Waals surface area contributed by atoms with Gasteiger partial charge in [-0.3, -0.25) is 0 Å². The number of amides is 1. The number of carbonyl (C=O) groups is 1. The highest BCUT2D eigenvalue weighted by molar-refractivity contribution is 5.68. The minimum atomic E-state index is -0.250. The molecule has 0 bridgehead atoms. The Morgan fingerprint density at radius 3 is 2.84 bits per heavy atom. The van der Waals surface area contributed by atoms with Gasteiger partial charge in [-0.2, -0.15) is 0 Å². The van der Waals surface area contributed by atoms with Gasteiger partial charge in [-0.1, -0.05) is 43.3 Å². The molecule has 0 unspecified atom stereocenters. The Bertz CT molecular complexity index is 673. The van der Waals surface area contributed by atoms with E-state index in [-0.39, 0.29) is 12.1 Å². The predicted octanol–water partition coefficient (Wildman–Crippen LogP) is 4.38. The molecule has 1 aromatic carbocycles. The Morgan fingerprint density at radius 1 is 1.28 bits per heavy atom. The fourth-order valence-corrected chi connectivity index (χ4v) is 3.09. The highest BCUT2D eigenvalue weighted by Crippen LogP contribution is 2.32.